The first kappa shape index (κ1) is 12.2. The van der Waals surface area contributed by atoms with Gasteiger partial charge in [0.25, 0.3) is 0 Å². The van der Waals surface area contributed by atoms with Gasteiger partial charge in [0.2, 0.25) is 0 Å². The quantitative estimate of drug-likeness (QED) is 0.524. The molecule has 0 aromatic heterocycles. The molecular formula is C10H18O3. The van der Waals surface area contributed by atoms with Gasteiger partial charge in [-0.1, -0.05) is 18.6 Å². The van der Waals surface area contributed by atoms with Crippen LogP contribution >= 0.6 is 0 Å². The van der Waals surface area contributed by atoms with Crippen LogP contribution in [0.5, 0.6) is 0 Å². The summed E-state index contributed by atoms with van der Waals surface area (Å²) in [5.41, 5.74) is 1.07. The maximum absolute atomic E-state index is 11.0. The smallest absolute Gasteiger partial charge is 0.335 e. The Hall–Kier alpha value is -0.830. The standard InChI is InChI=1S/C10H18O3/c1-4-8(5-2)7-9(11)10(12)13-6-3/h4,9,11H,5-7H2,1-3H3/b8-4+. The van der Waals surface area contributed by atoms with E-state index in [9.17, 15) is 9.90 Å². The first-order valence-electron chi connectivity index (χ1n) is 4.64. The lowest BCUT2D eigenvalue weighted by molar-refractivity contribution is -0.152. The number of esters is 1. The number of ether oxygens (including phenoxy) is 1. The highest BCUT2D eigenvalue weighted by atomic mass is 16.5. The normalized spacial score (nSPS) is 14.0. The summed E-state index contributed by atoms with van der Waals surface area (Å²) in [6, 6.07) is 0. The molecule has 76 valence electrons. The van der Waals surface area contributed by atoms with Crippen LogP contribution in [0.3, 0.4) is 0 Å². The van der Waals surface area contributed by atoms with Gasteiger partial charge in [0, 0.05) is 6.42 Å². The number of rotatable bonds is 5. The summed E-state index contributed by atoms with van der Waals surface area (Å²) in [5.74, 6) is -0.532. The predicted molar refractivity (Wildman–Crippen MR) is 51.3 cm³/mol. The molecule has 3 heteroatoms. The minimum absolute atomic E-state index is 0.313. The zero-order valence-corrected chi connectivity index (χ0v) is 8.54. The third-order valence-electron chi connectivity index (χ3n) is 1.88. The number of hydrogen-bond donors (Lipinski definition) is 1. The largest absolute Gasteiger partial charge is 0.464 e. The van der Waals surface area contributed by atoms with E-state index < -0.39 is 12.1 Å². The summed E-state index contributed by atoms with van der Waals surface area (Å²) < 4.78 is 4.68. The number of carbonyl (C=O) groups is 1. The van der Waals surface area contributed by atoms with E-state index in [0.29, 0.717) is 13.0 Å². The molecular weight excluding hydrogens is 168 g/mol. The lowest BCUT2D eigenvalue weighted by Crippen LogP contribution is -2.23. The van der Waals surface area contributed by atoms with Gasteiger partial charge in [0.15, 0.2) is 6.10 Å². The summed E-state index contributed by atoms with van der Waals surface area (Å²) in [7, 11) is 0. The summed E-state index contributed by atoms with van der Waals surface area (Å²) in [6.07, 6.45) is 2.15. The molecule has 0 amide bonds. The minimum atomic E-state index is -1.01. The third-order valence-corrected chi connectivity index (χ3v) is 1.88. The summed E-state index contributed by atoms with van der Waals surface area (Å²) >= 11 is 0. The van der Waals surface area contributed by atoms with Crippen LogP contribution in [0.4, 0.5) is 0 Å². The molecule has 3 nitrogen and oxygen atoms in total. The highest BCUT2D eigenvalue weighted by molar-refractivity contribution is 5.74. The average molecular weight is 186 g/mol. The van der Waals surface area contributed by atoms with Crippen molar-refractivity contribution in [3.05, 3.63) is 11.6 Å². The number of aliphatic hydroxyl groups excluding tert-OH is 1. The van der Waals surface area contributed by atoms with E-state index in [0.717, 1.165) is 12.0 Å². The van der Waals surface area contributed by atoms with Gasteiger partial charge in [-0.25, -0.2) is 4.79 Å². The molecule has 0 aliphatic heterocycles. The van der Waals surface area contributed by atoms with Gasteiger partial charge in [-0.05, 0) is 20.3 Å². The molecule has 1 atom stereocenters. The molecule has 1 N–H and O–H groups in total. The molecule has 0 aliphatic rings. The van der Waals surface area contributed by atoms with E-state index in [-0.39, 0.29) is 0 Å². The molecule has 0 rings (SSSR count). The van der Waals surface area contributed by atoms with Crippen molar-refractivity contribution in [3.63, 3.8) is 0 Å². The summed E-state index contributed by atoms with van der Waals surface area (Å²) in [6.45, 7) is 5.93. The maximum atomic E-state index is 11.0. The first-order chi connectivity index (χ1) is 6.15. The van der Waals surface area contributed by atoms with Gasteiger partial charge in [-0.15, -0.1) is 0 Å². The van der Waals surface area contributed by atoms with Crippen molar-refractivity contribution in [3.8, 4) is 0 Å². The Kier molecular flexibility index (Phi) is 6.24. The molecule has 0 radical (unpaired) electrons. The van der Waals surface area contributed by atoms with E-state index in [1.807, 2.05) is 19.9 Å². The van der Waals surface area contributed by atoms with Crippen LogP contribution in [0.25, 0.3) is 0 Å². The van der Waals surface area contributed by atoms with Crippen molar-refractivity contribution in [2.24, 2.45) is 0 Å². The fourth-order valence-electron chi connectivity index (χ4n) is 1.04. The van der Waals surface area contributed by atoms with Crippen molar-refractivity contribution in [1.29, 1.82) is 0 Å². The van der Waals surface area contributed by atoms with Crippen LogP contribution in [0.2, 0.25) is 0 Å². The van der Waals surface area contributed by atoms with Crippen molar-refractivity contribution in [2.75, 3.05) is 6.61 Å². The van der Waals surface area contributed by atoms with Crippen molar-refractivity contribution >= 4 is 5.97 Å². The molecule has 0 aromatic carbocycles. The fraction of sp³-hybridized carbons (Fsp3) is 0.700. The summed E-state index contributed by atoms with van der Waals surface area (Å²) in [5, 5.41) is 9.37. The molecule has 13 heavy (non-hydrogen) atoms. The summed E-state index contributed by atoms with van der Waals surface area (Å²) in [4.78, 5) is 11.0. The number of carbonyl (C=O) groups excluding carboxylic acids is 1. The van der Waals surface area contributed by atoms with Crippen LogP contribution in [-0.4, -0.2) is 23.8 Å². The Bertz CT molecular complexity index is 185. The lowest BCUT2D eigenvalue weighted by Gasteiger charge is -2.10. The Labute approximate surface area is 79.4 Å². The fourth-order valence-corrected chi connectivity index (χ4v) is 1.04. The number of aliphatic hydroxyl groups is 1. The van der Waals surface area contributed by atoms with Crippen LogP contribution in [0, 0.1) is 0 Å². The topological polar surface area (TPSA) is 46.5 Å². The molecule has 0 aromatic rings. The second kappa shape index (κ2) is 6.66. The average Bonchev–Trinajstić information content (AvgIpc) is 2.14. The maximum Gasteiger partial charge on any atom is 0.335 e. The van der Waals surface area contributed by atoms with Crippen LogP contribution in [-0.2, 0) is 9.53 Å². The van der Waals surface area contributed by atoms with Crippen molar-refractivity contribution in [1.82, 2.24) is 0 Å². The molecule has 0 fully saturated rings. The lowest BCUT2D eigenvalue weighted by atomic mass is 10.1. The molecule has 0 aliphatic carbocycles. The third kappa shape index (κ3) is 4.68. The second-order valence-electron chi connectivity index (χ2n) is 2.77. The van der Waals surface area contributed by atoms with Gasteiger partial charge in [0.1, 0.15) is 0 Å². The second-order valence-corrected chi connectivity index (χ2v) is 2.77. The monoisotopic (exact) mass is 186 g/mol. The molecule has 0 saturated carbocycles. The molecule has 0 spiro atoms. The SMILES string of the molecule is C/C=C(\CC)CC(O)C(=O)OCC. The Morgan fingerprint density at radius 2 is 2.15 bits per heavy atom. The van der Waals surface area contributed by atoms with Crippen LogP contribution in [0.1, 0.15) is 33.6 Å². The zero-order chi connectivity index (χ0) is 10.3. The highest BCUT2D eigenvalue weighted by Gasteiger charge is 2.16. The van der Waals surface area contributed by atoms with Crippen LogP contribution < -0.4 is 0 Å². The van der Waals surface area contributed by atoms with E-state index >= 15 is 0 Å². The van der Waals surface area contributed by atoms with Gasteiger partial charge in [-0.2, -0.15) is 0 Å². The van der Waals surface area contributed by atoms with Gasteiger partial charge in [-0.3, -0.25) is 0 Å². The van der Waals surface area contributed by atoms with E-state index in [4.69, 9.17) is 0 Å². The van der Waals surface area contributed by atoms with Crippen molar-refractivity contribution < 1.29 is 14.6 Å². The van der Waals surface area contributed by atoms with Crippen LogP contribution in [0.15, 0.2) is 11.6 Å². The molecule has 0 saturated heterocycles. The van der Waals surface area contributed by atoms with E-state index in [1.165, 1.54) is 0 Å². The molecule has 1 unspecified atom stereocenters. The van der Waals surface area contributed by atoms with E-state index in [1.54, 1.807) is 6.92 Å². The van der Waals surface area contributed by atoms with Gasteiger partial charge >= 0.3 is 5.97 Å². The zero-order valence-electron chi connectivity index (χ0n) is 8.54. The predicted octanol–water partition coefficient (Wildman–Crippen LogP) is 1.66. The minimum Gasteiger partial charge on any atom is -0.464 e. The number of allylic oxidation sites excluding steroid dienone is 1. The molecule has 0 heterocycles. The van der Waals surface area contributed by atoms with E-state index in [2.05, 4.69) is 4.74 Å². The van der Waals surface area contributed by atoms with Gasteiger partial charge < -0.3 is 9.84 Å². The highest BCUT2D eigenvalue weighted by Crippen LogP contribution is 2.10. The Morgan fingerprint density at radius 3 is 2.54 bits per heavy atom. The molecule has 0 bridgehead atoms. The number of hydrogen-bond acceptors (Lipinski definition) is 3. The Balaban J connectivity index is 3.98. The van der Waals surface area contributed by atoms with Crippen molar-refractivity contribution in [2.45, 2.75) is 39.7 Å². The van der Waals surface area contributed by atoms with Gasteiger partial charge in [0.05, 0.1) is 6.61 Å². The first-order valence-corrected chi connectivity index (χ1v) is 4.64. The Morgan fingerprint density at radius 1 is 1.54 bits per heavy atom.